The second-order valence-corrected chi connectivity index (χ2v) is 2.60. The molecule has 60 valence electrons. The van der Waals surface area contributed by atoms with E-state index in [2.05, 4.69) is 5.32 Å². The molecular formula is C7H15NO2. The second-order valence-electron chi connectivity index (χ2n) is 2.60. The predicted molar refractivity (Wildman–Crippen MR) is 39.1 cm³/mol. The molecule has 0 aromatic rings. The van der Waals surface area contributed by atoms with Crippen molar-refractivity contribution in [1.29, 1.82) is 0 Å². The lowest BCUT2D eigenvalue weighted by molar-refractivity contribution is 0.0774. The summed E-state index contributed by atoms with van der Waals surface area (Å²) in [6.07, 6.45) is 0. The molecule has 0 radical (unpaired) electrons. The molecular weight excluding hydrogens is 130 g/mol. The summed E-state index contributed by atoms with van der Waals surface area (Å²) in [7, 11) is 1.73. The van der Waals surface area contributed by atoms with Crippen molar-refractivity contribution in [1.82, 2.24) is 5.32 Å². The fraction of sp³-hybridized carbons (Fsp3) is 1.00. The smallest absolute Gasteiger partial charge is 0.0591 e. The zero-order valence-electron chi connectivity index (χ0n) is 6.43. The number of methoxy groups -OCH3 is 1. The summed E-state index contributed by atoms with van der Waals surface area (Å²) >= 11 is 0. The maximum Gasteiger partial charge on any atom is 0.0591 e. The molecule has 0 saturated carbocycles. The van der Waals surface area contributed by atoms with Gasteiger partial charge >= 0.3 is 0 Å². The third-order valence-electron chi connectivity index (χ3n) is 1.61. The maximum atomic E-state index is 5.32. The molecule has 1 atom stereocenters. The third-order valence-corrected chi connectivity index (χ3v) is 1.61. The molecule has 0 spiro atoms. The zero-order valence-corrected chi connectivity index (χ0v) is 6.43. The first kappa shape index (κ1) is 7.98. The quantitative estimate of drug-likeness (QED) is 0.587. The van der Waals surface area contributed by atoms with Gasteiger partial charge in [0.05, 0.1) is 19.8 Å². The molecule has 1 aliphatic rings. The Hall–Kier alpha value is -0.120. The highest BCUT2D eigenvalue weighted by Gasteiger charge is 2.10. The van der Waals surface area contributed by atoms with E-state index in [4.69, 9.17) is 9.47 Å². The van der Waals surface area contributed by atoms with Crippen LogP contribution in [0.4, 0.5) is 0 Å². The van der Waals surface area contributed by atoms with Crippen molar-refractivity contribution in [3.05, 3.63) is 0 Å². The molecule has 3 heteroatoms. The average molecular weight is 145 g/mol. The summed E-state index contributed by atoms with van der Waals surface area (Å²) in [6.45, 7) is 4.46. The molecule has 0 amide bonds. The zero-order chi connectivity index (χ0) is 7.23. The normalized spacial score (nSPS) is 27.9. The minimum absolute atomic E-state index is 0.535. The van der Waals surface area contributed by atoms with Gasteiger partial charge in [-0.2, -0.15) is 0 Å². The number of ether oxygens (including phenoxy) is 2. The van der Waals surface area contributed by atoms with Crippen molar-refractivity contribution < 1.29 is 9.47 Å². The first-order chi connectivity index (χ1) is 4.93. The Morgan fingerprint density at radius 3 is 3.40 bits per heavy atom. The summed E-state index contributed by atoms with van der Waals surface area (Å²) in [5, 5.41) is 3.28. The van der Waals surface area contributed by atoms with E-state index < -0.39 is 0 Å². The number of nitrogens with one attached hydrogen (secondary N) is 1. The van der Waals surface area contributed by atoms with Gasteiger partial charge < -0.3 is 14.8 Å². The monoisotopic (exact) mass is 145 g/mol. The topological polar surface area (TPSA) is 30.5 Å². The summed E-state index contributed by atoms with van der Waals surface area (Å²) in [5.41, 5.74) is 0. The van der Waals surface area contributed by atoms with E-state index in [9.17, 15) is 0 Å². The van der Waals surface area contributed by atoms with Gasteiger partial charge in [-0.3, -0.25) is 0 Å². The molecule has 0 bridgehead atoms. The second kappa shape index (κ2) is 4.66. The highest BCUT2D eigenvalue weighted by atomic mass is 16.5. The minimum atomic E-state index is 0.535. The number of rotatable bonds is 2. The van der Waals surface area contributed by atoms with Crippen molar-refractivity contribution in [3.8, 4) is 0 Å². The van der Waals surface area contributed by atoms with Crippen molar-refractivity contribution in [2.24, 2.45) is 5.92 Å². The minimum Gasteiger partial charge on any atom is -0.384 e. The lowest BCUT2D eigenvalue weighted by atomic mass is 10.2. The van der Waals surface area contributed by atoms with E-state index in [1.54, 1.807) is 7.11 Å². The largest absolute Gasteiger partial charge is 0.384 e. The molecule has 0 aliphatic carbocycles. The van der Waals surface area contributed by atoms with E-state index in [1.165, 1.54) is 0 Å². The van der Waals surface area contributed by atoms with Crippen LogP contribution in [-0.4, -0.2) is 40.0 Å². The Kier molecular flexibility index (Phi) is 3.72. The lowest BCUT2D eigenvalue weighted by Crippen LogP contribution is -2.25. The molecule has 1 rings (SSSR count). The Balaban J connectivity index is 2.15. The fourth-order valence-corrected chi connectivity index (χ4v) is 1.10. The third kappa shape index (κ3) is 2.64. The van der Waals surface area contributed by atoms with Crippen LogP contribution < -0.4 is 5.32 Å². The van der Waals surface area contributed by atoms with Crippen LogP contribution in [0.25, 0.3) is 0 Å². The molecule has 1 fully saturated rings. The Morgan fingerprint density at radius 2 is 2.60 bits per heavy atom. The first-order valence-corrected chi connectivity index (χ1v) is 3.71. The number of hydrogen-bond donors (Lipinski definition) is 1. The molecule has 10 heavy (non-hydrogen) atoms. The summed E-state index contributed by atoms with van der Waals surface area (Å²) in [4.78, 5) is 0. The van der Waals surface area contributed by atoms with E-state index in [-0.39, 0.29) is 0 Å². The van der Waals surface area contributed by atoms with Crippen molar-refractivity contribution in [2.45, 2.75) is 0 Å². The van der Waals surface area contributed by atoms with Crippen LogP contribution in [0.15, 0.2) is 0 Å². The van der Waals surface area contributed by atoms with Gasteiger partial charge in [-0.05, 0) is 0 Å². The van der Waals surface area contributed by atoms with Gasteiger partial charge in [0.2, 0.25) is 0 Å². The van der Waals surface area contributed by atoms with Crippen molar-refractivity contribution in [2.75, 3.05) is 40.0 Å². The van der Waals surface area contributed by atoms with Crippen molar-refractivity contribution >= 4 is 0 Å². The van der Waals surface area contributed by atoms with Gasteiger partial charge in [0.1, 0.15) is 0 Å². The summed E-state index contributed by atoms with van der Waals surface area (Å²) in [6, 6.07) is 0. The van der Waals surface area contributed by atoms with Crippen LogP contribution in [0.2, 0.25) is 0 Å². The van der Waals surface area contributed by atoms with Crippen LogP contribution in [-0.2, 0) is 9.47 Å². The SMILES string of the molecule is COCC1CNCCOC1. The van der Waals surface area contributed by atoms with Crippen LogP contribution in [0.5, 0.6) is 0 Å². The molecule has 1 unspecified atom stereocenters. The van der Waals surface area contributed by atoms with Gasteiger partial charge in [0.15, 0.2) is 0 Å². The van der Waals surface area contributed by atoms with E-state index in [0.29, 0.717) is 5.92 Å². The standard InChI is InChI=1S/C7H15NO2/c1-9-5-7-4-8-2-3-10-6-7/h7-8H,2-6H2,1H3. The van der Waals surface area contributed by atoms with Gasteiger partial charge in [0, 0.05) is 26.1 Å². The molecule has 1 heterocycles. The Bertz CT molecular complexity index is 79.7. The predicted octanol–water partition coefficient (Wildman–Crippen LogP) is -0.131. The van der Waals surface area contributed by atoms with Gasteiger partial charge in [-0.1, -0.05) is 0 Å². The molecule has 1 saturated heterocycles. The van der Waals surface area contributed by atoms with Crippen LogP contribution >= 0.6 is 0 Å². The Labute approximate surface area is 61.7 Å². The van der Waals surface area contributed by atoms with E-state index >= 15 is 0 Å². The number of hydrogen-bond acceptors (Lipinski definition) is 3. The fourth-order valence-electron chi connectivity index (χ4n) is 1.10. The highest BCUT2D eigenvalue weighted by Crippen LogP contribution is 1.98. The van der Waals surface area contributed by atoms with Crippen LogP contribution in [0, 0.1) is 5.92 Å². The molecule has 0 aromatic heterocycles. The van der Waals surface area contributed by atoms with Crippen LogP contribution in [0.1, 0.15) is 0 Å². The maximum absolute atomic E-state index is 5.32. The molecule has 3 nitrogen and oxygen atoms in total. The first-order valence-electron chi connectivity index (χ1n) is 3.71. The molecule has 0 aromatic carbocycles. The van der Waals surface area contributed by atoms with Crippen molar-refractivity contribution in [3.63, 3.8) is 0 Å². The van der Waals surface area contributed by atoms with E-state index in [1.807, 2.05) is 0 Å². The van der Waals surface area contributed by atoms with Crippen LogP contribution in [0.3, 0.4) is 0 Å². The molecule has 1 aliphatic heterocycles. The summed E-state index contributed by atoms with van der Waals surface area (Å²) in [5.74, 6) is 0.535. The van der Waals surface area contributed by atoms with Gasteiger partial charge in [0.25, 0.3) is 0 Å². The average Bonchev–Trinajstić information content (AvgIpc) is 2.17. The van der Waals surface area contributed by atoms with Gasteiger partial charge in [-0.15, -0.1) is 0 Å². The highest BCUT2D eigenvalue weighted by molar-refractivity contribution is 4.63. The Morgan fingerprint density at radius 1 is 1.70 bits per heavy atom. The molecule has 1 N–H and O–H groups in total. The lowest BCUT2D eigenvalue weighted by Gasteiger charge is -2.10. The van der Waals surface area contributed by atoms with E-state index in [0.717, 1.165) is 32.9 Å². The van der Waals surface area contributed by atoms with Gasteiger partial charge in [-0.25, -0.2) is 0 Å². The summed E-state index contributed by atoms with van der Waals surface area (Å²) < 4.78 is 10.3.